The van der Waals surface area contributed by atoms with E-state index in [-0.39, 0.29) is 12.6 Å². The van der Waals surface area contributed by atoms with Crippen LogP contribution >= 0.6 is 0 Å². The lowest BCUT2D eigenvalue weighted by atomic mass is 10.1. The summed E-state index contributed by atoms with van der Waals surface area (Å²) in [6.07, 6.45) is 0.864. The molecule has 0 bridgehead atoms. The topological polar surface area (TPSA) is 169 Å². The number of hydrogen-bond acceptors (Lipinski definition) is 5. The van der Waals surface area contributed by atoms with Crippen molar-refractivity contribution in [1.29, 1.82) is 5.41 Å². The Morgan fingerprint density at radius 1 is 1.35 bits per heavy atom. The van der Waals surface area contributed by atoms with Gasteiger partial charge in [-0.05, 0) is 12.8 Å². The summed E-state index contributed by atoms with van der Waals surface area (Å²) in [5.41, 5.74) is 10.2. The van der Waals surface area contributed by atoms with E-state index in [2.05, 4.69) is 15.5 Å². The first-order valence-electron chi connectivity index (χ1n) is 4.95. The third-order valence-corrected chi connectivity index (χ3v) is 1.88. The number of carbonyl (C=O) groups is 2. The van der Waals surface area contributed by atoms with E-state index in [4.69, 9.17) is 22.8 Å². The quantitative estimate of drug-likeness (QED) is 0.116. The van der Waals surface area contributed by atoms with Gasteiger partial charge < -0.3 is 22.1 Å². The van der Waals surface area contributed by atoms with Gasteiger partial charge in [0.1, 0.15) is 12.6 Å². The molecule has 0 aromatic heterocycles. The van der Waals surface area contributed by atoms with E-state index in [0.717, 1.165) is 0 Å². The minimum Gasteiger partial charge on any atom is -0.370 e. The lowest BCUT2D eigenvalue weighted by Gasteiger charge is -2.15. The van der Waals surface area contributed by atoms with E-state index >= 15 is 0 Å². The Bertz CT molecular complexity index is 282. The van der Waals surface area contributed by atoms with E-state index in [0.29, 0.717) is 19.4 Å². The third-order valence-electron chi connectivity index (χ3n) is 1.88. The summed E-state index contributed by atoms with van der Waals surface area (Å²) in [4.78, 5) is 26.2. The Morgan fingerprint density at radius 3 is 2.47 bits per heavy atom. The maximum absolute atomic E-state index is 11.1. The molecule has 1 unspecified atom stereocenters. The van der Waals surface area contributed by atoms with Gasteiger partial charge in [0, 0.05) is 6.54 Å². The standard InChI is InChI=1S/C8H18N6O3/c9-7(16)5(14-6(15)4-17-12)2-1-3-13-8(10)11/h5H,1-4,12H2,(H2,9,16)(H,14,15)(H4,10,11,13). The zero-order chi connectivity index (χ0) is 13.3. The summed E-state index contributed by atoms with van der Waals surface area (Å²) >= 11 is 0. The predicted octanol–water partition coefficient (Wildman–Crippen LogP) is -2.89. The highest BCUT2D eigenvalue weighted by molar-refractivity contribution is 5.86. The van der Waals surface area contributed by atoms with Crippen molar-refractivity contribution in [1.82, 2.24) is 10.6 Å². The molecule has 0 aromatic carbocycles. The molecule has 0 saturated carbocycles. The molecular weight excluding hydrogens is 228 g/mol. The number of nitrogens with one attached hydrogen (secondary N) is 3. The van der Waals surface area contributed by atoms with Gasteiger partial charge in [0.25, 0.3) is 0 Å². The summed E-state index contributed by atoms with van der Waals surface area (Å²) in [6.45, 7) is 0.0812. The molecule has 0 heterocycles. The average Bonchev–Trinajstić information content (AvgIpc) is 2.22. The van der Waals surface area contributed by atoms with Crippen molar-refractivity contribution in [2.24, 2.45) is 17.4 Å². The van der Waals surface area contributed by atoms with Crippen LogP contribution in [0, 0.1) is 5.41 Å². The smallest absolute Gasteiger partial charge is 0.248 e. The van der Waals surface area contributed by atoms with Gasteiger partial charge in [0.05, 0.1) is 0 Å². The van der Waals surface area contributed by atoms with E-state index in [1.807, 2.05) is 0 Å². The van der Waals surface area contributed by atoms with Crippen molar-refractivity contribution in [2.75, 3.05) is 13.2 Å². The lowest BCUT2D eigenvalue weighted by Crippen LogP contribution is -2.46. The van der Waals surface area contributed by atoms with E-state index in [9.17, 15) is 9.59 Å². The van der Waals surface area contributed by atoms with Crippen molar-refractivity contribution in [3.8, 4) is 0 Å². The second-order valence-electron chi connectivity index (χ2n) is 3.32. The van der Waals surface area contributed by atoms with Crippen molar-refractivity contribution in [3.05, 3.63) is 0 Å². The number of carbonyl (C=O) groups excluding carboxylic acids is 2. The zero-order valence-corrected chi connectivity index (χ0v) is 9.36. The number of guanidine groups is 1. The second-order valence-corrected chi connectivity index (χ2v) is 3.32. The van der Waals surface area contributed by atoms with Crippen molar-refractivity contribution < 1.29 is 14.4 Å². The predicted molar refractivity (Wildman–Crippen MR) is 60.4 cm³/mol. The van der Waals surface area contributed by atoms with E-state index < -0.39 is 17.9 Å². The van der Waals surface area contributed by atoms with Crippen LogP contribution in [0.1, 0.15) is 12.8 Å². The lowest BCUT2D eigenvalue weighted by molar-refractivity contribution is -0.130. The van der Waals surface area contributed by atoms with Gasteiger partial charge >= 0.3 is 0 Å². The molecule has 0 radical (unpaired) electrons. The summed E-state index contributed by atoms with van der Waals surface area (Å²) in [7, 11) is 0. The third kappa shape index (κ3) is 7.99. The molecule has 2 amide bonds. The number of hydrogen-bond donors (Lipinski definition) is 6. The van der Waals surface area contributed by atoms with E-state index in [1.54, 1.807) is 0 Å². The Morgan fingerprint density at radius 2 is 2.00 bits per heavy atom. The van der Waals surface area contributed by atoms with Gasteiger partial charge in [0.15, 0.2) is 5.96 Å². The van der Waals surface area contributed by atoms with Gasteiger partial charge in [-0.15, -0.1) is 0 Å². The molecular formula is C8H18N6O3. The summed E-state index contributed by atoms with van der Waals surface area (Å²) < 4.78 is 0. The first-order chi connectivity index (χ1) is 7.97. The molecule has 0 rings (SSSR count). The maximum atomic E-state index is 11.1. The molecule has 98 valence electrons. The Labute approximate surface area is 98.5 Å². The molecule has 0 saturated heterocycles. The van der Waals surface area contributed by atoms with Gasteiger partial charge in [0.2, 0.25) is 11.8 Å². The SMILES string of the molecule is N=C(N)NCCCC(NC(=O)CON)C(N)=O. The van der Waals surface area contributed by atoms with Crippen LogP contribution in [-0.4, -0.2) is 37.0 Å². The molecule has 9 heteroatoms. The molecule has 9 N–H and O–H groups in total. The van der Waals surface area contributed by atoms with Gasteiger partial charge in [-0.25, -0.2) is 5.90 Å². The second kappa shape index (κ2) is 8.30. The van der Waals surface area contributed by atoms with Crippen LogP contribution in [0.25, 0.3) is 0 Å². The number of nitrogens with two attached hydrogens (primary N) is 3. The molecule has 0 aliphatic carbocycles. The van der Waals surface area contributed by atoms with Crippen LogP contribution in [0.5, 0.6) is 0 Å². The molecule has 0 fully saturated rings. The Balaban J connectivity index is 3.95. The Kier molecular flexibility index (Phi) is 7.39. The van der Waals surface area contributed by atoms with Crippen molar-refractivity contribution in [2.45, 2.75) is 18.9 Å². The summed E-state index contributed by atoms with van der Waals surface area (Å²) in [5, 5.41) is 11.9. The number of rotatable bonds is 8. The summed E-state index contributed by atoms with van der Waals surface area (Å²) in [6, 6.07) is -0.786. The highest BCUT2D eigenvalue weighted by Gasteiger charge is 2.17. The van der Waals surface area contributed by atoms with Crippen LogP contribution in [0.4, 0.5) is 0 Å². The first-order valence-corrected chi connectivity index (χ1v) is 4.95. The molecule has 17 heavy (non-hydrogen) atoms. The minimum absolute atomic E-state index is 0.152. The first kappa shape index (κ1) is 15.1. The molecule has 0 aliphatic heterocycles. The molecule has 1 atom stereocenters. The van der Waals surface area contributed by atoms with Crippen molar-refractivity contribution in [3.63, 3.8) is 0 Å². The largest absolute Gasteiger partial charge is 0.370 e. The number of primary amides is 1. The fraction of sp³-hybridized carbons (Fsp3) is 0.625. The summed E-state index contributed by atoms with van der Waals surface area (Å²) in [5.74, 6) is 3.40. The van der Waals surface area contributed by atoms with Crippen LogP contribution in [-0.2, 0) is 14.4 Å². The van der Waals surface area contributed by atoms with Crippen LogP contribution < -0.4 is 28.0 Å². The molecule has 9 nitrogen and oxygen atoms in total. The molecule has 0 spiro atoms. The molecule has 0 aliphatic rings. The van der Waals surface area contributed by atoms with Crippen LogP contribution in [0.15, 0.2) is 0 Å². The highest BCUT2D eigenvalue weighted by atomic mass is 16.6. The average molecular weight is 246 g/mol. The normalized spacial score (nSPS) is 11.6. The number of amides is 2. The highest BCUT2D eigenvalue weighted by Crippen LogP contribution is 1.96. The van der Waals surface area contributed by atoms with Gasteiger partial charge in [-0.2, -0.15) is 0 Å². The van der Waals surface area contributed by atoms with Crippen LogP contribution in [0.3, 0.4) is 0 Å². The Hall–Kier alpha value is -1.87. The van der Waals surface area contributed by atoms with E-state index in [1.165, 1.54) is 0 Å². The van der Waals surface area contributed by atoms with Crippen molar-refractivity contribution >= 4 is 17.8 Å². The van der Waals surface area contributed by atoms with Gasteiger partial charge in [-0.3, -0.25) is 19.8 Å². The zero-order valence-electron chi connectivity index (χ0n) is 9.36. The fourth-order valence-corrected chi connectivity index (χ4v) is 1.13. The fourth-order valence-electron chi connectivity index (χ4n) is 1.13. The monoisotopic (exact) mass is 246 g/mol. The van der Waals surface area contributed by atoms with Crippen LogP contribution in [0.2, 0.25) is 0 Å². The van der Waals surface area contributed by atoms with Gasteiger partial charge in [-0.1, -0.05) is 0 Å². The molecule has 0 aromatic rings. The maximum Gasteiger partial charge on any atom is 0.248 e. The minimum atomic E-state index is -0.786.